The van der Waals surface area contributed by atoms with E-state index in [-0.39, 0.29) is 6.04 Å². The summed E-state index contributed by atoms with van der Waals surface area (Å²) in [6.07, 6.45) is 1.05. The maximum absolute atomic E-state index is 6.59. The van der Waals surface area contributed by atoms with Gasteiger partial charge in [0.15, 0.2) is 0 Å². The van der Waals surface area contributed by atoms with Gasteiger partial charge in [-0.25, -0.2) is 0 Å². The molecule has 5 heteroatoms. The molecule has 0 spiro atoms. The van der Waals surface area contributed by atoms with E-state index in [0.29, 0.717) is 10.0 Å². The predicted molar refractivity (Wildman–Crippen MR) is 134 cm³/mol. The molecule has 1 aliphatic heterocycles. The summed E-state index contributed by atoms with van der Waals surface area (Å²) in [5, 5.41) is 2.10. The SMILES string of the molecule is Cc1ccc(CCN2CCN(c3ccc(Cl)cc3Cl)[C@H](c3ccc(Cl)cc3)C2)cc1C. The first-order valence-electron chi connectivity index (χ1n) is 10.7. The van der Waals surface area contributed by atoms with Crippen LogP contribution in [0.3, 0.4) is 0 Å². The summed E-state index contributed by atoms with van der Waals surface area (Å²) in [4.78, 5) is 4.95. The first kappa shape index (κ1) is 22.5. The lowest BCUT2D eigenvalue weighted by atomic mass is 10.00. The van der Waals surface area contributed by atoms with Crippen molar-refractivity contribution in [1.29, 1.82) is 0 Å². The molecule has 1 aliphatic rings. The summed E-state index contributed by atoms with van der Waals surface area (Å²) in [5.74, 6) is 0. The second-order valence-electron chi connectivity index (χ2n) is 8.33. The fourth-order valence-electron chi connectivity index (χ4n) is 4.26. The number of halogens is 3. The van der Waals surface area contributed by atoms with Crippen LogP contribution < -0.4 is 4.90 Å². The Bertz CT molecular complexity index is 1050. The largest absolute Gasteiger partial charge is 0.361 e. The maximum Gasteiger partial charge on any atom is 0.0670 e. The molecule has 0 radical (unpaired) electrons. The van der Waals surface area contributed by atoms with Crippen LogP contribution in [-0.4, -0.2) is 31.1 Å². The average Bonchev–Trinajstić information content (AvgIpc) is 2.75. The van der Waals surface area contributed by atoms with Gasteiger partial charge in [-0.2, -0.15) is 0 Å². The van der Waals surface area contributed by atoms with E-state index in [1.807, 2.05) is 30.3 Å². The molecule has 0 bridgehead atoms. The van der Waals surface area contributed by atoms with Gasteiger partial charge in [-0.1, -0.05) is 65.1 Å². The fourth-order valence-corrected chi connectivity index (χ4v) is 4.90. The van der Waals surface area contributed by atoms with Gasteiger partial charge in [0.2, 0.25) is 0 Å². The third-order valence-corrected chi connectivity index (χ3v) is 7.02. The van der Waals surface area contributed by atoms with Crippen LogP contribution >= 0.6 is 34.8 Å². The van der Waals surface area contributed by atoms with Gasteiger partial charge in [0, 0.05) is 36.2 Å². The lowest BCUT2D eigenvalue weighted by Crippen LogP contribution is -2.49. The molecule has 1 saturated heterocycles. The van der Waals surface area contributed by atoms with Crippen molar-refractivity contribution >= 4 is 40.5 Å². The van der Waals surface area contributed by atoms with Crippen LogP contribution in [0.15, 0.2) is 60.7 Å². The van der Waals surface area contributed by atoms with Crippen molar-refractivity contribution in [2.45, 2.75) is 26.3 Å². The van der Waals surface area contributed by atoms with E-state index in [4.69, 9.17) is 34.8 Å². The number of piperazine rings is 1. The van der Waals surface area contributed by atoms with Gasteiger partial charge in [-0.15, -0.1) is 0 Å². The highest BCUT2D eigenvalue weighted by Crippen LogP contribution is 2.36. The molecule has 3 aromatic rings. The Labute approximate surface area is 200 Å². The third-order valence-electron chi connectivity index (χ3n) is 6.23. The smallest absolute Gasteiger partial charge is 0.0670 e. The highest BCUT2D eigenvalue weighted by molar-refractivity contribution is 6.36. The molecule has 0 aromatic heterocycles. The summed E-state index contributed by atoms with van der Waals surface area (Å²) in [6.45, 7) is 8.22. The van der Waals surface area contributed by atoms with Crippen LogP contribution in [0.5, 0.6) is 0 Å². The lowest BCUT2D eigenvalue weighted by molar-refractivity contribution is 0.226. The molecule has 0 saturated carbocycles. The molecule has 162 valence electrons. The zero-order valence-electron chi connectivity index (χ0n) is 17.9. The van der Waals surface area contributed by atoms with Crippen molar-refractivity contribution in [1.82, 2.24) is 4.90 Å². The van der Waals surface area contributed by atoms with Crippen molar-refractivity contribution < 1.29 is 0 Å². The molecule has 0 aliphatic carbocycles. The summed E-state index contributed by atoms with van der Waals surface area (Å²) < 4.78 is 0. The first-order valence-corrected chi connectivity index (χ1v) is 11.8. The Balaban J connectivity index is 1.55. The second kappa shape index (κ2) is 9.83. The summed E-state index contributed by atoms with van der Waals surface area (Å²) >= 11 is 18.9. The van der Waals surface area contributed by atoms with Crippen LogP contribution in [0.25, 0.3) is 0 Å². The number of nitrogens with zero attached hydrogens (tertiary/aromatic N) is 2. The second-order valence-corrected chi connectivity index (χ2v) is 9.61. The van der Waals surface area contributed by atoms with Gasteiger partial charge in [0.1, 0.15) is 0 Å². The van der Waals surface area contributed by atoms with Crippen LogP contribution in [0.4, 0.5) is 5.69 Å². The van der Waals surface area contributed by atoms with Gasteiger partial charge in [0.25, 0.3) is 0 Å². The van der Waals surface area contributed by atoms with E-state index in [1.165, 1.54) is 22.3 Å². The van der Waals surface area contributed by atoms with E-state index in [2.05, 4.69) is 54.0 Å². The van der Waals surface area contributed by atoms with E-state index in [0.717, 1.165) is 43.3 Å². The maximum atomic E-state index is 6.59. The monoisotopic (exact) mass is 472 g/mol. The molecule has 1 atom stereocenters. The minimum atomic E-state index is 0.199. The van der Waals surface area contributed by atoms with Gasteiger partial charge in [-0.3, -0.25) is 4.90 Å². The quantitative estimate of drug-likeness (QED) is 0.381. The molecule has 0 amide bonds. The standard InChI is InChI=1S/C26H27Cl3N2/c1-18-3-4-20(15-19(18)2)11-12-30-13-14-31(25-10-9-23(28)16-24(25)29)26(17-30)21-5-7-22(27)8-6-21/h3-10,15-16,26H,11-14,17H2,1-2H3/t26-/m0/s1. The number of benzene rings is 3. The summed E-state index contributed by atoms with van der Waals surface area (Å²) in [6, 6.07) is 20.9. The Morgan fingerprint density at radius 1 is 0.806 bits per heavy atom. The van der Waals surface area contributed by atoms with Gasteiger partial charge >= 0.3 is 0 Å². The minimum absolute atomic E-state index is 0.199. The molecule has 1 fully saturated rings. The summed E-state index contributed by atoms with van der Waals surface area (Å²) in [5.41, 5.74) is 6.37. The number of hydrogen-bond donors (Lipinski definition) is 0. The number of anilines is 1. The molecular formula is C26H27Cl3N2. The summed E-state index contributed by atoms with van der Waals surface area (Å²) in [7, 11) is 0. The van der Waals surface area contributed by atoms with Gasteiger partial charge < -0.3 is 4.90 Å². The van der Waals surface area contributed by atoms with E-state index in [1.54, 1.807) is 0 Å². The van der Waals surface area contributed by atoms with Crippen molar-refractivity contribution in [3.05, 3.63) is 98.0 Å². The third kappa shape index (κ3) is 5.38. The molecule has 31 heavy (non-hydrogen) atoms. The Hall–Kier alpha value is -1.71. The Morgan fingerprint density at radius 3 is 2.26 bits per heavy atom. The highest BCUT2D eigenvalue weighted by Gasteiger charge is 2.29. The lowest BCUT2D eigenvalue weighted by Gasteiger charge is -2.43. The predicted octanol–water partition coefficient (Wildman–Crippen LogP) is 7.37. The van der Waals surface area contributed by atoms with Crippen LogP contribution in [0.1, 0.15) is 28.3 Å². The fraction of sp³-hybridized carbons (Fsp3) is 0.308. The van der Waals surface area contributed by atoms with E-state index >= 15 is 0 Å². The van der Waals surface area contributed by atoms with Crippen molar-refractivity contribution in [3.8, 4) is 0 Å². The Morgan fingerprint density at radius 2 is 1.55 bits per heavy atom. The molecule has 4 rings (SSSR count). The van der Waals surface area contributed by atoms with Crippen LogP contribution in [0.2, 0.25) is 15.1 Å². The van der Waals surface area contributed by atoms with Crippen LogP contribution in [-0.2, 0) is 6.42 Å². The molecule has 0 unspecified atom stereocenters. The van der Waals surface area contributed by atoms with Gasteiger partial charge in [0.05, 0.1) is 16.8 Å². The minimum Gasteiger partial charge on any atom is -0.361 e. The van der Waals surface area contributed by atoms with Crippen LogP contribution in [0, 0.1) is 13.8 Å². The average molecular weight is 474 g/mol. The molecule has 3 aromatic carbocycles. The van der Waals surface area contributed by atoms with E-state index in [9.17, 15) is 0 Å². The number of hydrogen-bond acceptors (Lipinski definition) is 2. The van der Waals surface area contributed by atoms with E-state index < -0.39 is 0 Å². The topological polar surface area (TPSA) is 6.48 Å². The first-order chi connectivity index (χ1) is 14.9. The molecular weight excluding hydrogens is 447 g/mol. The zero-order valence-corrected chi connectivity index (χ0v) is 20.2. The highest BCUT2D eigenvalue weighted by atomic mass is 35.5. The normalized spacial score (nSPS) is 17.2. The van der Waals surface area contributed by atoms with Crippen molar-refractivity contribution in [2.24, 2.45) is 0 Å². The molecule has 0 N–H and O–H groups in total. The van der Waals surface area contributed by atoms with Crippen molar-refractivity contribution in [2.75, 3.05) is 31.1 Å². The Kier molecular flexibility index (Phi) is 7.13. The van der Waals surface area contributed by atoms with Crippen molar-refractivity contribution in [3.63, 3.8) is 0 Å². The number of aryl methyl sites for hydroxylation is 2. The molecule has 2 nitrogen and oxygen atoms in total. The van der Waals surface area contributed by atoms with Gasteiger partial charge in [-0.05, 0) is 72.9 Å². The number of rotatable bonds is 5. The molecule has 1 heterocycles. The zero-order chi connectivity index (χ0) is 22.0.